The van der Waals surface area contributed by atoms with Crippen LogP contribution in [0.4, 0.5) is 0 Å². The third-order valence-corrected chi connectivity index (χ3v) is 15.3. The van der Waals surface area contributed by atoms with Gasteiger partial charge in [-0.2, -0.15) is 0 Å². The van der Waals surface area contributed by atoms with Crippen LogP contribution in [0.25, 0.3) is 0 Å². The predicted octanol–water partition coefficient (Wildman–Crippen LogP) is 19.6. The Kier molecular flexibility index (Phi) is 53.6. The van der Waals surface area contributed by atoms with E-state index in [1.54, 1.807) is 0 Å². The van der Waals surface area contributed by atoms with Gasteiger partial charge in [-0.05, 0) is 38.5 Å². The van der Waals surface area contributed by atoms with Crippen molar-refractivity contribution in [3.63, 3.8) is 0 Å². The Labute approximate surface area is 447 Å². The van der Waals surface area contributed by atoms with Gasteiger partial charge in [-0.1, -0.05) is 283 Å². The maximum atomic E-state index is 12.8. The van der Waals surface area contributed by atoms with Crippen LogP contribution in [0, 0.1) is 0 Å². The van der Waals surface area contributed by atoms with Crippen LogP contribution >= 0.6 is 7.82 Å². The molecule has 0 aliphatic heterocycles. The van der Waals surface area contributed by atoms with Gasteiger partial charge in [0, 0.05) is 12.8 Å². The monoisotopic (exact) mass is 1040 g/mol. The van der Waals surface area contributed by atoms with Gasteiger partial charge in [-0.25, -0.2) is 4.57 Å². The Morgan fingerprint density at radius 1 is 0.417 bits per heavy atom. The summed E-state index contributed by atoms with van der Waals surface area (Å²) in [6.45, 7) is 4.50. The molecule has 0 fully saturated rings. The topological polar surface area (TPSA) is 108 Å². The minimum Gasteiger partial charge on any atom is -0.462 e. The minimum absolute atomic E-state index is 0.0352. The van der Waals surface area contributed by atoms with E-state index >= 15 is 0 Å². The van der Waals surface area contributed by atoms with Crippen LogP contribution in [0.5, 0.6) is 0 Å². The molecular formula is C62H123NO8P+. The molecule has 0 aromatic carbocycles. The van der Waals surface area contributed by atoms with Crippen molar-refractivity contribution in [2.24, 2.45) is 0 Å². The van der Waals surface area contributed by atoms with Gasteiger partial charge >= 0.3 is 19.8 Å². The Balaban J connectivity index is 4.05. The van der Waals surface area contributed by atoms with Crippen LogP contribution in [-0.4, -0.2) is 74.9 Å². The summed E-state index contributed by atoms with van der Waals surface area (Å²) in [5.41, 5.74) is 0. The number of esters is 2. The predicted molar refractivity (Wildman–Crippen MR) is 308 cm³/mol. The van der Waals surface area contributed by atoms with Gasteiger partial charge in [0.05, 0.1) is 27.7 Å². The highest BCUT2D eigenvalue weighted by Gasteiger charge is 2.27. The highest BCUT2D eigenvalue weighted by molar-refractivity contribution is 7.47. The fraction of sp³-hybridized carbons (Fsp3) is 0.935. The number of quaternary nitrogens is 1. The normalized spacial score (nSPS) is 13.2. The number of likely N-dealkylation sites (N-methyl/N-ethyl adjacent to an activating group) is 1. The summed E-state index contributed by atoms with van der Waals surface area (Å²) < 4.78 is 34.6. The maximum absolute atomic E-state index is 12.8. The van der Waals surface area contributed by atoms with Crippen molar-refractivity contribution in [1.29, 1.82) is 0 Å². The number of allylic oxidation sites excluding steroid dienone is 2. The average molecular weight is 1040 g/mol. The second-order valence-corrected chi connectivity index (χ2v) is 24.3. The first-order chi connectivity index (χ1) is 35.0. The number of hydrogen-bond acceptors (Lipinski definition) is 7. The first kappa shape index (κ1) is 70.8. The number of nitrogens with zero attached hydrogens (tertiary/aromatic N) is 1. The van der Waals surface area contributed by atoms with Gasteiger partial charge in [0.25, 0.3) is 0 Å². The van der Waals surface area contributed by atoms with E-state index in [4.69, 9.17) is 18.5 Å². The summed E-state index contributed by atoms with van der Waals surface area (Å²) in [6, 6.07) is 0. The molecule has 10 heteroatoms. The zero-order valence-electron chi connectivity index (χ0n) is 48.7. The minimum atomic E-state index is -4.38. The van der Waals surface area contributed by atoms with E-state index < -0.39 is 26.5 Å². The molecule has 0 radical (unpaired) electrons. The quantitative estimate of drug-likeness (QED) is 0.0211. The number of phosphoric ester groups is 1. The van der Waals surface area contributed by atoms with Crippen LogP contribution in [0.1, 0.15) is 322 Å². The molecule has 0 aromatic heterocycles. The summed E-state index contributed by atoms with van der Waals surface area (Å²) in [6.07, 6.45) is 64.4. The number of carbonyl (C=O) groups excluding carboxylic acids is 2. The summed E-state index contributed by atoms with van der Waals surface area (Å²) >= 11 is 0. The molecule has 0 amide bonds. The first-order valence-corrected chi connectivity index (χ1v) is 32.9. The van der Waals surface area contributed by atoms with Crippen molar-refractivity contribution < 1.29 is 42.1 Å². The smallest absolute Gasteiger partial charge is 0.462 e. The second-order valence-electron chi connectivity index (χ2n) is 22.8. The number of ether oxygens (including phenoxy) is 2. The molecule has 0 saturated heterocycles. The number of hydrogen-bond donors (Lipinski definition) is 1. The number of carbonyl (C=O) groups is 2. The van der Waals surface area contributed by atoms with Crippen LogP contribution in [0.15, 0.2) is 12.2 Å². The van der Waals surface area contributed by atoms with E-state index in [0.717, 1.165) is 32.1 Å². The molecule has 0 rings (SSSR count). The summed E-state index contributed by atoms with van der Waals surface area (Å²) in [5, 5.41) is 0. The van der Waals surface area contributed by atoms with Crippen molar-refractivity contribution in [3.8, 4) is 0 Å². The van der Waals surface area contributed by atoms with E-state index in [9.17, 15) is 19.0 Å². The number of unbranched alkanes of at least 4 members (excludes halogenated alkanes) is 43. The molecule has 428 valence electrons. The van der Waals surface area contributed by atoms with Crippen LogP contribution < -0.4 is 0 Å². The third kappa shape index (κ3) is 58.0. The highest BCUT2D eigenvalue weighted by atomic mass is 31.2. The molecule has 72 heavy (non-hydrogen) atoms. The van der Waals surface area contributed by atoms with Gasteiger partial charge < -0.3 is 18.9 Å². The molecule has 2 atom stereocenters. The lowest BCUT2D eigenvalue weighted by Gasteiger charge is -2.24. The molecule has 0 heterocycles. The molecule has 0 saturated carbocycles. The Morgan fingerprint density at radius 3 is 1.03 bits per heavy atom. The van der Waals surface area contributed by atoms with Gasteiger partial charge in [-0.3, -0.25) is 18.6 Å². The number of phosphoric acid groups is 1. The van der Waals surface area contributed by atoms with Crippen LogP contribution in [0.2, 0.25) is 0 Å². The summed E-state index contributed by atoms with van der Waals surface area (Å²) in [7, 11) is 1.50. The fourth-order valence-electron chi connectivity index (χ4n) is 9.43. The Morgan fingerprint density at radius 2 is 0.708 bits per heavy atom. The van der Waals surface area contributed by atoms with E-state index in [1.807, 2.05) is 21.1 Å². The lowest BCUT2D eigenvalue weighted by atomic mass is 10.0. The highest BCUT2D eigenvalue weighted by Crippen LogP contribution is 2.43. The largest absolute Gasteiger partial charge is 0.472 e. The molecule has 0 aliphatic rings. The van der Waals surface area contributed by atoms with Crippen LogP contribution in [-0.2, 0) is 32.7 Å². The summed E-state index contributed by atoms with van der Waals surface area (Å²) in [4.78, 5) is 35.7. The zero-order chi connectivity index (χ0) is 52.7. The third-order valence-electron chi connectivity index (χ3n) is 14.3. The van der Waals surface area contributed by atoms with Crippen molar-refractivity contribution in [3.05, 3.63) is 12.2 Å². The van der Waals surface area contributed by atoms with Gasteiger partial charge in [0.2, 0.25) is 0 Å². The number of rotatable bonds is 59. The molecular weight excluding hydrogens is 918 g/mol. The molecule has 0 aromatic rings. The lowest BCUT2D eigenvalue weighted by molar-refractivity contribution is -0.870. The van der Waals surface area contributed by atoms with E-state index in [-0.39, 0.29) is 25.6 Å². The van der Waals surface area contributed by atoms with Crippen molar-refractivity contribution in [1.82, 2.24) is 0 Å². The van der Waals surface area contributed by atoms with E-state index in [0.29, 0.717) is 23.9 Å². The Hall–Kier alpha value is -1.25. The zero-order valence-corrected chi connectivity index (χ0v) is 49.6. The van der Waals surface area contributed by atoms with Crippen LogP contribution in [0.3, 0.4) is 0 Å². The molecule has 0 aliphatic carbocycles. The van der Waals surface area contributed by atoms with Gasteiger partial charge in [0.15, 0.2) is 6.10 Å². The fourth-order valence-corrected chi connectivity index (χ4v) is 10.2. The first-order valence-electron chi connectivity index (χ1n) is 31.4. The van der Waals surface area contributed by atoms with Gasteiger partial charge in [-0.15, -0.1) is 0 Å². The SMILES string of the molecule is CCCCCCCCCC/C=C\CCCCCCCCCCCC(=O)OC(COC(=O)CCCCCCCCCCCCCCCCCCCCCCCCCCCCC)COP(=O)(O)OCC[N+](C)(C)C. The standard InChI is InChI=1S/C62H122NO8P/c1-6-8-10-12-14-16-18-20-22-24-26-28-29-30-31-32-33-35-36-38-40-42-44-46-48-50-52-54-61(64)68-58-60(59-70-72(66,67)69-57-56-63(3,4)5)71-62(65)55-53-51-49-47-45-43-41-39-37-34-27-25-23-21-19-17-15-13-11-9-7-2/h25,27,60H,6-24,26,28-59H2,1-5H3/p+1/b27-25-. The molecule has 0 spiro atoms. The molecule has 0 bridgehead atoms. The average Bonchev–Trinajstić information content (AvgIpc) is 3.34. The maximum Gasteiger partial charge on any atom is 0.472 e. The molecule has 1 N–H and O–H groups in total. The van der Waals surface area contributed by atoms with E-state index in [2.05, 4.69) is 26.0 Å². The molecule has 2 unspecified atom stereocenters. The second kappa shape index (κ2) is 54.5. The Bertz CT molecular complexity index is 1220. The van der Waals surface area contributed by atoms with Gasteiger partial charge in [0.1, 0.15) is 19.8 Å². The van der Waals surface area contributed by atoms with Crippen molar-refractivity contribution in [2.45, 2.75) is 328 Å². The van der Waals surface area contributed by atoms with Crippen molar-refractivity contribution >= 4 is 19.8 Å². The van der Waals surface area contributed by atoms with Crippen molar-refractivity contribution in [2.75, 3.05) is 47.5 Å². The summed E-state index contributed by atoms with van der Waals surface area (Å²) in [5.74, 6) is -0.779. The lowest BCUT2D eigenvalue weighted by Crippen LogP contribution is -2.37. The van der Waals surface area contributed by atoms with E-state index in [1.165, 1.54) is 257 Å². The molecule has 9 nitrogen and oxygen atoms in total.